The zero-order chi connectivity index (χ0) is 12.7. The van der Waals surface area contributed by atoms with Crippen LogP contribution in [0.3, 0.4) is 0 Å². The van der Waals surface area contributed by atoms with Gasteiger partial charge in [-0.15, -0.1) is 0 Å². The van der Waals surface area contributed by atoms with Crippen LogP contribution in [0.2, 0.25) is 0 Å². The van der Waals surface area contributed by atoms with Crippen molar-refractivity contribution < 1.29 is 0 Å². The second kappa shape index (κ2) is 6.49. The first-order chi connectivity index (χ1) is 8.22. The molecule has 1 rings (SSSR count). The normalized spacial score (nSPS) is 11.5. The zero-order valence-electron chi connectivity index (χ0n) is 10.3. The maximum absolute atomic E-state index is 3.96. The Morgan fingerprint density at radius 1 is 1.18 bits per heavy atom. The van der Waals surface area contributed by atoms with Gasteiger partial charge in [0.05, 0.1) is 0 Å². The minimum absolute atomic E-state index is 0.935. The van der Waals surface area contributed by atoms with Crippen molar-refractivity contribution in [2.75, 3.05) is 0 Å². The standard InChI is InChI=1S/C17H18/c1-5-9-15(10-6-2)17-12-8-11-16(13-17)14(4)7-3/h5-13H,1,3-4H2,2H3/b10-6-,15-9+. The Labute approximate surface area is 104 Å². The van der Waals surface area contributed by atoms with Crippen molar-refractivity contribution in [3.8, 4) is 0 Å². The van der Waals surface area contributed by atoms with Crippen LogP contribution in [0.25, 0.3) is 11.1 Å². The average molecular weight is 222 g/mol. The van der Waals surface area contributed by atoms with E-state index in [1.54, 1.807) is 12.2 Å². The molecule has 17 heavy (non-hydrogen) atoms. The summed E-state index contributed by atoms with van der Waals surface area (Å²) in [5, 5.41) is 0. The van der Waals surface area contributed by atoms with Gasteiger partial charge in [-0.25, -0.2) is 0 Å². The van der Waals surface area contributed by atoms with Crippen LogP contribution >= 0.6 is 0 Å². The number of benzene rings is 1. The third-order valence-electron chi connectivity index (χ3n) is 2.46. The summed E-state index contributed by atoms with van der Waals surface area (Å²) in [6.45, 7) is 13.4. The van der Waals surface area contributed by atoms with Crippen LogP contribution in [0.5, 0.6) is 0 Å². The molecular weight excluding hydrogens is 204 g/mol. The molecule has 0 amide bonds. The molecule has 0 saturated carbocycles. The van der Waals surface area contributed by atoms with Gasteiger partial charge >= 0.3 is 0 Å². The summed E-state index contributed by atoms with van der Waals surface area (Å²) in [6.07, 6.45) is 9.65. The summed E-state index contributed by atoms with van der Waals surface area (Å²) in [7, 11) is 0. The second-order valence-electron chi connectivity index (χ2n) is 3.67. The monoisotopic (exact) mass is 222 g/mol. The van der Waals surface area contributed by atoms with Gasteiger partial charge in [0.15, 0.2) is 0 Å². The lowest BCUT2D eigenvalue weighted by Gasteiger charge is -2.06. The van der Waals surface area contributed by atoms with Gasteiger partial charge in [-0.2, -0.15) is 0 Å². The highest BCUT2D eigenvalue weighted by molar-refractivity contribution is 5.79. The Kier molecular flexibility index (Phi) is 4.96. The molecule has 0 radical (unpaired) electrons. The van der Waals surface area contributed by atoms with Gasteiger partial charge in [-0.05, 0) is 35.3 Å². The predicted octanol–water partition coefficient (Wildman–Crippen LogP) is 5.03. The van der Waals surface area contributed by atoms with Gasteiger partial charge in [0.2, 0.25) is 0 Å². The van der Waals surface area contributed by atoms with E-state index in [9.17, 15) is 0 Å². The fraction of sp³-hybridized carbons (Fsp3) is 0.0588. The van der Waals surface area contributed by atoms with E-state index in [0.29, 0.717) is 0 Å². The molecular formula is C17H18. The van der Waals surface area contributed by atoms with Crippen molar-refractivity contribution in [3.63, 3.8) is 0 Å². The molecule has 0 aliphatic carbocycles. The fourth-order valence-electron chi connectivity index (χ4n) is 1.57. The van der Waals surface area contributed by atoms with Crippen LogP contribution in [0, 0.1) is 0 Å². The van der Waals surface area contributed by atoms with E-state index in [2.05, 4.69) is 37.9 Å². The lowest BCUT2D eigenvalue weighted by atomic mass is 9.99. The number of allylic oxidation sites excluding steroid dienone is 7. The largest absolute Gasteiger partial charge is 0.0990 e. The molecule has 86 valence electrons. The topological polar surface area (TPSA) is 0 Å². The molecule has 0 nitrogen and oxygen atoms in total. The van der Waals surface area contributed by atoms with Crippen molar-refractivity contribution >= 4 is 11.1 Å². The van der Waals surface area contributed by atoms with Gasteiger partial charge in [0, 0.05) is 0 Å². The van der Waals surface area contributed by atoms with Crippen molar-refractivity contribution in [2.45, 2.75) is 6.92 Å². The first-order valence-electron chi connectivity index (χ1n) is 5.60. The maximum atomic E-state index is 3.96. The van der Waals surface area contributed by atoms with E-state index in [-0.39, 0.29) is 0 Å². The molecule has 0 fully saturated rings. The smallest absolute Gasteiger partial charge is 0.0178 e. The molecule has 1 aromatic carbocycles. The highest BCUT2D eigenvalue weighted by atomic mass is 14.0. The minimum Gasteiger partial charge on any atom is -0.0990 e. The Morgan fingerprint density at radius 3 is 2.47 bits per heavy atom. The second-order valence-corrected chi connectivity index (χ2v) is 3.67. The molecule has 0 heterocycles. The molecule has 0 unspecified atom stereocenters. The fourth-order valence-corrected chi connectivity index (χ4v) is 1.57. The van der Waals surface area contributed by atoms with Gasteiger partial charge in [-0.3, -0.25) is 0 Å². The van der Waals surface area contributed by atoms with Crippen LogP contribution in [-0.2, 0) is 0 Å². The summed E-state index contributed by atoms with van der Waals surface area (Å²) in [5.41, 5.74) is 4.33. The molecule has 0 aliphatic heterocycles. The van der Waals surface area contributed by atoms with E-state index in [4.69, 9.17) is 0 Å². The van der Waals surface area contributed by atoms with Crippen LogP contribution in [0.1, 0.15) is 18.1 Å². The van der Waals surface area contributed by atoms with E-state index in [1.165, 1.54) is 0 Å². The SMILES string of the molecule is C=C/C=C(\C=C/C)c1cccc(C(=C)C=C)c1. The van der Waals surface area contributed by atoms with Gasteiger partial charge in [0.25, 0.3) is 0 Å². The molecule has 0 spiro atoms. The van der Waals surface area contributed by atoms with Gasteiger partial charge in [0.1, 0.15) is 0 Å². The maximum Gasteiger partial charge on any atom is -0.0178 e. The average Bonchev–Trinajstić information content (AvgIpc) is 2.37. The summed E-state index contributed by atoms with van der Waals surface area (Å²) < 4.78 is 0. The first-order valence-corrected chi connectivity index (χ1v) is 5.60. The Bertz CT molecular complexity index is 485. The molecule has 0 aromatic heterocycles. The molecule has 0 atom stereocenters. The molecule has 0 saturated heterocycles. The summed E-state index contributed by atoms with van der Waals surface area (Å²) in [6, 6.07) is 8.25. The molecule has 0 bridgehead atoms. The van der Waals surface area contributed by atoms with Gasteiger partial charge in [-0.1, -0.05) is 68.3 Å². The third kappa shape index (κ3) is 3.46. The third-order valence-corrected chi connectivity index (χ3v) is 2.46. The summed E-state index contributed by atoms with van der Waals surface area (Å²) in [5.74, 6) is 0. The van der Waals surface area contributed by atoms with Crippen molar-refractivity contribution in [3.05, 3.63) is 85.5 Å². The molecule has 0 aliphatic rings. The quantitative estimate of drug-likeness (QED) is 0.613. The molecule has 0 heteroatoms. The van der Waals surface area contributed by atoms with Crippen LogP contribution < -0.4 is 0 Å². The number of hydrogen-bond acceptors (Lipinski definition) is 0. The summed E-state index contributed by atoms with van der Waals surface area (Å²) in [4.78, 5) is 0. The molecule has 0 N–H and O–H groups in total. The zero-order valence-corrected chi connectivity index (χ0v) is 10.3. The summed E-state index contributed by atoms with van der Waals surface area (Å²) >= 11 is 0. The van der Waals surface area contributed by atoms with E-state index >= 15 is 0 Å². The Morgan fingerprint density at radius 2 is 1.88 bits per heavy atom. The van der Waals surface area contributed by atoms with Crippen molar-refractivity contribution in [2.24, 2.45) is 0 Å². The Balaban J connectivity index is 3.21. The first kappa shape index (κ1) is 13.0. The highest BCUT2D eigenvalue weighted by Crippen LogP contribution is 2.21. The van der Waals surface area contributed by atoms with E-state index < -0.39 is 0 Å². The lowest BCUT2D eigenvalue weighted by Crippen LogP contribution is -1.85. The molecule has 1 aromatic rings. The highest BCUT2D eigenvalue weighted by Gasteiger charge is 2.00. The minimum atomic E-state index is 0.935. The van der Waals surface area contributed by atoms with Crippen molar-refractivity contribution in [1.29, 1.82) is 0 Å². The van der Waals surface area contributed by atoms with Crippen LogP contribution in [0.15, 0.2) is 74.4 Å². The number of hydrogen-bond donors (Lipinski definition) is 0. The van der Waals surface area contributed by atoms with Crippen LogP contribution in [-0.4, -0.2) is 0 Å². The Hall–Kier alpha value is -2.08. The van der Waals surface area contributed by atoms with Crippen molar-refractivity contribution in [1.82, 2.24) is 0 Å². The van der Waals surface area contributed by atoms with E-state index in [1.807, 2.05) is 31.2 Å². The lowest BCUT2D eigenvalue weighted by molar-refractivity contribution is 1.56. The number of rotatable bonds is 5. The van der Waals surface area contributed by atoms with E-state index in [0.717, 1.165) is 22.3 Å². The van der Waals surface area contributed by atoms with Gasteiger partial charge < -0.3 is 0 Å². The predicted molar refractivity (Wildman–Crippen MR) is 78.7 cm³/mol. The van der Waals surface area contributed by atoms with Crippen LogP contribution in [0.4, 0.5) is 0 Å².